The van der Waals surface area contributed by atoms with E-state index in [-0.39, 0.29) is 12.2 Å². The predicted molar refractivity (Wildman–Crippen MR) is 89.1 cm³/mol. The second kappa shape index (κ2) is 8.73. The third-order valence-corrected chi connectivity index (χ3v) is 3.71. The first-order chi connectivity index (χ1) is 10.2. The number of carbonyl (C=O) groups excluding carboxylic acids is 1. The van der Waals surface area contributed by atoms with E-state index in [0.29, 0.717) is 18.6 Å². The zero-order valence-corrected chi connectivity index (χ0v) is 15.1. The molecule has 2 atom stereocenters. The van der Waals surface area contributed by atoms with Gasteiger partial charge in [0.2, 0.25) is 0 Å². The number of nitrogens with zero attached hydrogens (tertiary/aromatic N) is 1. The molecule has 0 aromatic carbocycles. The average Bonchev–Trinajstić information content (AvgIpc) is 2.86. The highest BCUT2D eigenvalue weighted by molar-refractivity contribution is 5.68. The van der Waals surface area contributed by atoms with Crippen LogP contribution in [0.15, 0.2) is 0 Å². The molecular weight excluding hydrogens is 280 g/mol. The summed E-state index contributed by atoms with van der Waals surface area (Å²) >= 11 is 0. The zero-order valence-electron chi connectivity index (χ0n) is 15.1. The average molecular weight is 314 g/mol. The van der Waals surface area contributed by atoms with E-state index in [9.17, 15) is 4.79 Å². The smallest absolute Gasteiger partial charge is 0.410 e. The maximum atomic E-state index is 12.2. The van der Waals surface area contributed by atoms with Crippen molar-refractivity contribution in [3.8, 4) is 0 Å². The standard InChI is InChI=1S/C17H34N2O3/c1-7-9-18-15(12-21-13(2)3)14-8-10-19(11-14)16(20)22-17(4,5)6/h13-15,18H,7-12H2,1-6H3. The second-order valence-electron chi connectivity index (χ2n) is 7.42. The van der Waals surface area contributed by atoms with E-state index >= 15 is 0 Å². The topological polar surface area (TPSA) is 50.8 Å². The van der Waals surface area contributed by atoms with Crippen molar-refractivity contribution in [2.45, 2.75) is 72.1 Å². The van der Waals surface area contributed by atoms with Crippen LogP contribution in [0.4, 0.5) is 4.79 Å². The molecule has 1 N–H and O–H groups in total. The molecule has 1 heterocycles. The van der Waals surface area contributed by atoms with E-state index in [1.165, 1.54) is 0 Å². The molecular formula is C17H34N2O3. The van der Waals surface area contributed by atoms with Crippen molar-refractivity contribution in [1.29, 1.82) is 0 Å². The maximum Gasteiger partial charge on any atom is 0.410 e. The van der Waals surface area contributed by atoms with Crippen LogP contribution in [0.3, 0.4) is 0 Å². The fraction of sp³-hybridized carbons (Fsp3) is 0.941. The first-order valence-corrected chi connectivity index (χ1v) is 8.55. The Morgan fingerprint density at radius 3 is 2.59 bits per heavy atom. The van der Waals surface area contributed by atoms with Gasteiger partial charge in [-0.3, -0.25) is 0 Å². The highest BCUT2D eigenvalue weighted by atomic mass is 16.6. The molecule has 0 aromatic rings. The Labute approximate surface area is 135 Å². The van der Waals surface area contributed by atoms with Crippen LogP contribution in [-0.4, -0.2) is 55.0 Å². The van der Waals surface area contributed by atoms with Crippen molar-refractivity contribution in [2.75, 3.05) is 26.2 Å². The molecule has 0 saturated carbocycles. The number of likely N-dealkylation sites (tertiary alicyclic amines) is 1. The van der Waals surface area contributed by atoms with Gasteiger partial charge in [0.25, 0.3) is 0 Å². The lowest BCUT2D eigenvalue weighted by Gasteiger charge is -2.27. The molecule has 1 amide bonds. The third kappa shape index (κ3) is 6.97. The van der Waals surface area contributed by atoms with Gasteiger partial charge >= 0.3 is 6.09 Å². The fourth-order valence-electron chi connectivity index (χ4n) is 2.60. The number of hydrogen-bond donors (Lipinski definition) is 1. The van der Waals surface area contributed by atoms with Crippen LogP contribution in [0.2, 0.25) is 0 Å². The lowest BCUT2D eigenvalue weighted by Crippen LogP contribution is -2.43. The second-order valence-corrected chi connectivity index (χ2v) is 7.42. The Morgan fingerprint density at radius 1 is 1.36 bits per heavy atom. The summed E-state index contributed by atoms with van der Waals surface area (Å²) in [4.78, 5) is 14.0. The number of hydrogen-bond acceptors (Lipinski definition) is 4. The lowest BCUT2D eigenvalue weighted by molar-refractivity contribution is 0.0261. The van der Waals surface area contributed by atoms with Crippen molar-refractivity contribution < 1.29 is 14.3 Å². The minimum atomic E-state index is -0.435. The molecule has 1 aliphatic heterocycles. The van der Waals surface area contributed by atoms with Gasteiger partial charge in [0, 0.05) is 19.1 Å². The van der Waals surface area contributed by atoms with E-state index in [0.717, 1.165) is 32.5 Å². The van der Waals surface area contributed by atoms with Gasteiger partial charge < -0.3 is 19.7 Å². The maximum absolute atomic E-state index is 12.2. The molecule has 0 radical (unpaired) electrons. The molecule has 1 rings (SSSR count). The first-order valence-electron chi connectivity index (χ1n) is 8.55. The molecule has 1 fully saturated rings. The number of amides is 1. The summed E-state index contributed by atoms with van der Waals surface area (Å²) in [6, 6.07) is 0.301. The lowest BCUT2D eigenvalue weighted by atomic mass is 9.99. The summed E-state index contributed by atoms with van der Waals surface area (Å²) in [5.41, 5.74) is -0.435. The summed E-state index contributed by atoms with van der Waals surface area (Å²) < 4.78 is 11.3. The van der Waals surface area contributed by atoms with Crippen LogP contribution in [-0.2, 0) is 9.47 Å². The van der Waals surface area contributed by atoms with Crippen molar-refractivity contribution in [3.63, 3.8) is 0 Å². The number of carbonyl (C=O) groups is 1. The van der Waals surface area contributed by atoms with Crippen LogP contribution in [0.5, 0.6) is 0 Å². The monoisotopic (exact) mass is 314 g/mol. The quantitative estimate of drug-likeness (QED) is 0.785. The molecule has 22 heavy (non-hydrogen) atoms. The van der Waals surface area contributed by atoms with E-state index in [2.05, 4.69) is 26.1 Å². The third-order valence-electron chi connectivity index (χ3n) is 3.71. The van der Waals surface area contributed by atoms with E-state index in [1.54, 1.807) is 0 Å². The molecule has 2 unspecified atom stereocenters. The van der Waals surface area contributed by atoms with Gasteiger partial charge in [0.15, 0.2) is 0 Å². The largest absolute Gasteiger partial charge is 0.444 e. The van der Waals surface area contributed by atoms with Gasteiger partial charge in [0.1, 0.15) is 5.60 Å². The Kier molecular flexibility index (Phi) is 7.63. The number of nitrogens with one attached hydrogen (secondary N) is 1. The van der Waals surface area contributed by atoms with Crippen LogP contribution in [0, 0.1) is 5.92 Å². The van der Waals surface area contributed by atoms with Crippen LogP contribution in [0.1, 0.15) is 54.4 Å². The van der Waals surface area contributed by atoms with Crippen molar-refractivity contribution in [1.82, 2.24) is 10.2 Å². The number of rotatable bonds is 7. The van der Waals surface area contributed by atoms with Gasteiger partial charge in [-0.1, -0.05) is 6.92 Å². The van der Waals surface area contributed by atoms with Gasteiger partial charge in [-0.25, -0.2) is 4.79 Å². The Hall–Kier alpha value is -0.810. The molecule has 1 aliphatic rings. The molecule has 1 saturated heterocycles. The van der Waals surface area contributed by atoms with Gasteiger partial charge in [-0.15, -0.1) is 0 Å². The Bertz CT molecular complexity index is 339. The molecule has 0 aliphatic carbocycles. The van der Waals surface area contributed by atoms with Crippen molar-refractivity contribution in [2.24, 2.45) is 5.92 Å². The normalized spacial score (nSPS) is 20.5. The Balaban J connectivity index is 2.53. The first kappa shape index (κ1) is 19.2. The summed E-state index contributed by atoms with van der Waals surface area (Å²) in [5, 5.41) is 3.57. The predicted octanol–water partition coefficient (Wildman–Crippen LogP) is 3.04. The summed E-state index contributed by atoms with van der Waals surface area (Å²) in [5.74, 6) is 0.429. The van der Waals surface area contributed by atoms with Gasteiger partial charge in [-0.05, 0) is 59.9 Å². The van der Waals surface area contributed by atoms with Crippen molar-refractivity contribution >= 4 is 6.09 Å². The molecule has 0 spiro atoms. The van der Waals surface area contributed by atoms with Gasteiger partial charge in [0.05, 0.1) is 12.7 Å². The minimum absolute atomic E-state index is 0.200. The van der Waals surface area contributed by atoms with Gasteiger partial charge in [-0.2, -0.15) is 0 Å². The van der Waals surface area contributed by atoms with Crippen LogP contribution >= 0.6 is 0 Å². The van der Waals surface area contributed by atoms with Crippen molar-refractivity contribution in [3.05, 3.63) is 0 Å². The zero-order chi connectivity index (χ0) is 16.8. The Morgan fingerprint density at radius 2 is 2.05 bits per heavy atom. The summed E-state index contributed by atoms with van der Waals surface area (Å²) in [7, 11) is 0. The molecule has 5 heteroatoms. The molecule has 130 valence electrons. The minimum Gasteiger partial charge on any atom is -0.444 e. The van der Waals surface area contributed by atoms with Crippen LogP contribution < -0.4 is 5.32 Å². The molecule has 0 aromatic heterocycles. The summed E-state index contributed by atoms with van der Waals surface area (Å²) in [6.07, 6.45) is 2.13. The highest BCUT2D eigenvalue weighted by Gasteiger charge is 2.33. The number of ether oxygens (including phenoxy) is 2. The SMILES string of the molecule is CCCNC(COC(C)C)C1CCN(C(=O)OC(C)(C)C)C1. The van der Waals surface area contributed by atoms with E-state index in [1.807, 2.05) is 25.7 Å². The van der Waals surface area contributed by atoms with Crippen LogP contribution in [0.25, 0.3) is 0 Å². The molecule has 5 nitrogen and oxygen atoms in total. The highest BCUT2D eigenvalue weighted by Crippen LogP contribution is 2.22. The van der Waals surface area contributed by atoms with E-state index < -0.39 is 5.60 Å². The van der Waals surface area contributed by atoms with E-state index in [4.69, 9.17) is 9.47 Å². The molecule has 0 bridgehead atoms. The summed E-state index contributed by atoms with van der Waals surface area (Å²) in [6.45, 7) is 15.2. The fourth-order valence-corrected chi connectivity index (χ4v) is 2.60.